The van der Waals surface area contributed by atoms with Gasteiger partial charge in [0, 0.05) is 0 Å². The number of allylic oxidation sites excluding steroid dienone is 1. The predicted octanol–water partition coefficient (Wildman–Crippen LogP) is 8.64. The lowest BCUT2D eigenvalue weighted by Crippen LogP contribution is -2.45. The van der Waals surface area contributed by atoms with Crippen LogP contribution in [-0.4, -0.2) is 18.5 Å². The van der Waals surface area contributed by atoms with Crippen molar-refractivity contribution >= 4 is 6.08 Å². The minimum atomic E-state index is -5.83. The van der Waals surface area contributed by atoms with Crippen LogP contribution >= 0.6 is 0 Å². The molecule has 1 saturated carbocycles. The van der Waals surface area contributed by atoms with Crippen LogP contribution in [0.2, 0.25) is 0 Å². The topological polar surface area (TPSA) is 9.23 Å². The van der Waals surface area contributed by atoms with Crippen LogP contribution in [0.5, 0.6) is 5.75 Å². The van der Waals surface area contributed by atoms with Gasteiger partial charge < -0.3 is 4.74 Å². The van der Waals surface area contributed by atoms with E-state index in [4.69, 9.17) is 0 Å². The van der Waals surface area contributed by atoms with E-state index in [1.54, 1.807) is 6.08 Å². The van der Waals surface area contributed by atoms with E-state index in [2.05, 4.69) is 35.9 Å². The summed E-state index contributed by atoms with van der Waals surface area (Å²) in [5, 5.41) is 0. The molecular weight excluding hydrogens is 461 g/mol. The lowest BCUT2D eigenvalue weighted by Gasteiger charge is -2.27. The highest BCUT2D eigenvalue weighted by Crippen LogP contribution is 2.38. The molecule has 3 rings (SSSR count). The van der Waals surface area contributed by atoms with Crippen LogP contribution in [0, 0.1) is 11.7 Å². The SMILES string of the molecule is CCCc1ccc(C2CCC(C=Cc3ccc(OC(F)(F)C(F)C(F)(F)F)c(F)c3)CC2)cc1. The molecule has 0 aliphatic heterocycles. The predicted molar refractivity (Wildman–Crippen MR) is 117 cm³/mol. The molecule has 1 unspecified atom stereocenters. The van der Waals surface area contributed by atoms with Gasteiger partial charge in [-0.3, -0.25) is 0 Å². The van der Waals surface area contributed by atoms with Crippen molar-refractivity contribution in [1.82, 2.24) is 0 Å². The third-order valence-corrected chi connectivity index (χ3v) is 6.11. The summed E-state index contributed by atoms with van der Waals surface area (Å²) in [7, 11) is 0. The van der Waals surface area contributed by atoms with Gasteiger partial charge >= 0.3 is 12.3 Å². The molecule has 0 heterocycles. The minimum absolute atomic E-state index is 0.276. The maximum atomic E-state index is 14.1. The van der Waals surface area contributed by atoms with E-state index in [1.165, 1.54) is 17.2 Å². The summed E-state index contributed by atoms with van der Waals surface area (Å²) < 4.78 is 94.2. The van der Waals surface area contributed by atoms with E-state index in [0.717, 1.165) is 50.7 Å². The average Bonchev–Trinajstić information content (AvgIpc) is 2.79. The molecule has 1 nitrogen and oxygen atoms in total. The Balaban J connectivity index is 1.56. The van der Waals surface area contributed by atoms with Crippen LogP contribution < -0.4 is 4.74 Å². The van der Waals surface area contributed by atoms with Crippen molar-refractivity contribution in [2.75, 3.05) is 0 Å². The zero-order chi connectivity index (χ0) is 24.9. The van der Waals surface area contributed by atoms with Crippen molar-refractivity contribution in [2.24, 2.45) is 5.92 Å². The molecule has 0 amide bonds. The Bertz CT molecular complexity index is 958. The van der Waals surface area contributed by atoms with Crippen LogP contribution in [0.15, 0.2) is 48.5 Å². The lowest BCUT2D eigenvalue weighted by atomic mass is 9.78. The number of hydrogen-bond acceptors (Lipinski definition) is 1. The Morgan fingerprint density at radius 1 is 0.971 bits per heavy atom. The van der Waals surface area contributed by atoms with Gasteiger partial charge in [0.15, 0.2) is 11.6 Å². The van der Waals surface area contributed by atoms with Gasteiger partial charge in [-0.15, -0.1) is 0 Å². The highest BCUT2D eigenvalue weighted by Gasteiger charge is 2.59. The first-order chi connectivity index (χ1) is 16.0. The number of ether oxygens (including phenoxy) is 1. The largest absolute Gasteiger partial charge is 0.439 e. The van der Waals surface area contributed by atoms with Crippen molar-refractivity contribution in [3.8, 4) is 5.75 Å². The molecule has 8 heteroatoms. The molecule has 1 atom stereocenters. The fraction of sp³-hybridized carbons (Fsp3) is 0.462. The lowest BCUT2D eigenvalue weighted by molar-refractivity contribution is -0.305. The molecule has 1 aliphatic carbocycles. The molecule has 0 aromatic heterocycles. The molecule has 0 N–H and O–H groups in total. The van der Waals surface area contributed by atoms with E-state index in [-0.39, 0.29) is 5.92 Å². The van der Waals surface area contributed by atoms with Crippen LogP contribution in [0.4, 0.5) is 30.7 Å². The molecule has 34 heavy (non-hydrogen) atoms. The minimum Gasteiger partial charge on any atom is -0.427 e. The molecule has 186 valence electrons. The second-order valence-electron chi connectivity index (χ2n) is 8.72. The van der Waals surface area contributed by atoms with Gasteiger partial charge in [0.1, 0.15) is 0 Å². The third-order valence-electron chi connectivity index (χ3n) is 6.11. The fourth-order valence-electron chi connectivity index (χ4n) is 4.23. The number of halogens is 7. The third kappa shape index (κ3) is 6.76. The summed E-state index contributed by atoms with van der Waals surface area (Å²) >= 11 is 0. The summed E-state index contributed by atoms with van der Waals surface area (Å²) in [6, 6.07) is 11.6. The van der Waals surface area contributed by atoms with Gasteiger partial charge in [-0.25, -0.2) is 8.78 Å². The fourth-order valence-corrected chi connectivity index (χ4v) is 4.23. The Morgan fingerprint density at radius 2 is 1.62 bits per heavy atom. The number of aryl methyl sites for hydroxylation is 1. The van der Waals surface area contributed by atoms with Crippen molar-refractivity contribution in [2.45, 2.75) is 69.8 Å². The molecule has 0 radical (unpaired) electrons. The smallest absolute Gasteiger partial charge is 0.427 e. The zero-order valence-corrected chi connectivity index (χ0v) is 18.7. The molecule has 2 aromatic carbocycles. The second-order valence-corrected chi connectivity index (χ2v) is 8.72. The Kier molecular flexibility index (Phi) is 8.31. The molecule has 0 saturated heterocycles. The molecule has 0 bridgehead atoms. The monoisotopic (exact) mass is 488 g/mol. The first-order valence-electron chi connectivity index (χ1n) is 11.3. The van der Waals surface area contributed by atoms with E-state index in [1.807, 2.05) is 6.08 Å². The van der Waals surface area contributed by atoms with Crippen LogP contribution in [-0.2, 0) is 6.42 Å². The van der Waals surface area contributed by atoms with Crippen molar-refractivity contribution < 1.29 is 35.5 Å². The molecule has 1 fully saturated rings. The summed E-state index contributed by atoms with van der Waals surface area (Å²) in [5.74, 6) is -1.68. The van der Waals surface area contributed by atoms with E-state index >= 15 is 0 Å². The molecule has 0 spiro atoms. The normalized spacial score (nSPS) is 20.5. The van der Waals surface area contributed by atoms with Gasteiger partial charge in [0.05, 0.1) is 0 Å². The highest BCUT2D eigenvalue weighted by atomic mass is 19.4. The summed E-state index contributed by atoms with van der Waals surface area (Å²) in [4.78, 5) is 0. The van der Waals surface area contributed by atoms with E-state index in [0.29, 0.717) is 11.5 Å². The Morgan fingerprint density at radius 3 is 2.18 bits per heavy atom. The summed E-state index contributed by atoms with van der Waals surface area (Å²) in [6.45, 7) is 2.15. The van der Waals surface area contributed by atoms with Crippen LogP contribution in [0.3, 0.4) is 0 Å². The number of benzene rings is 2. The quantitative estimate of drug-likeness (QED) is 0.338. The average molecular weight is 488 g/mol. The standard InChI is InChI=1S/C26H27F7O/c1-2-3-17-6-11-20(12-7-17)21-13-8-18(9-14-21)4-5-19-10-15-23(22(27)16-19)34-26(32,33)24(28)25(29,30)31/h4-7,10-12,15-16,18,21,24H,2-3,8-9,13-14H2,1H3. The van der Waals surface area contributed by atoms with Crippen LogP contribution in [0.1, 0.15) is 61.6 Å². The van der Waals surface area contributed by atoms with Gasteiger partial charge in [-0.1, -0.05) is 55.8 Å². The maximum absolute atomic E-state index is 14.1. The van der Waals surface area contributed by atoms with Crippen molar-refractivity contribution in [3.05, 3.63) is 71.0 Å². The maximum Gasteiger partial charge on any atom is 0.439 e. The van der Waals surface area contributed by atoms with Crippen LogP contribution in [0.25, 0.3) is 6.08 Å². The van der Waals surface area contributed by atoms with Gasteiger partial charge in [-0.2, -0.15) is 22.0 Å². The second kappa shape index (κ2) is 10.8. The highest BCUT2D eigenvalue weighted by molar-refractivity contribution is 5.51. The number of alkyl halides is 6. The summed E-state index contributed by atoms with van der Waals surface area (Å²) in [5.41, 5.74) is 3.01. The Labute approximate surface area is 194 Å². The first kappa shape index (κ1) is 26.1. The zero-order valence-electron chi connectivity index (χ0n) is 18.7. The van der Waals surface area contributed by atoms with E-state index in [9.17, 15) is 30.7 Å². The molecule has 1 aliphatic rings. The van der Waals surface area contributed by atoms with Crippen molar-refractivity contribution in [1.29, 1.82) is 0 Å². The number of rotatable bonds is 8. The van der Waals surface area contributed by atoms with Crippen molar-refractivity contribution in [3.63, 3.8) is 0 Å². The van der Waals surface area contributed by atoms with Gasteiger partial charge in [-0.05, 0) is 72.8 Å². The Hall–Kier alpha value is -2.51. The molecule has 2 aromatic rings. The summed E-state index contributed by atoms with van der Waals surface area (Å²) in [6.07, 6.45) is -5.98. The molecular formula is C26H27F7O. The van der Waals surface area contributed by atoms with E-state index < -0.39 is 30.0 Å². The first-order valence-corrected chi connectivity index (χ1v) is 11.3. The number of hydrogen-bond donors (Lipinski definition) is 0. The van der Waals surface area contributed by atoms with Gasteiger partial charge in [0.2, 0.25) is 0 Å². The van der Waals surface area contributed by atoms with Gasteiger partial charge in [0.25, 0.3) is 6.17 Å².